The second kappa shape index (κ2) is 6.56. The Morgan fingerprint density at radius 2 is 1.94 bits per heavy atom. The third-order valence-corrected chi connectivity index (χ3v) is 3.40. The molecule has 0 aromatic heterocycles. The standard InChI is InChI=1S/C15H27NO2/c1-6-15(4,5)18-11-14(17)10-16-8-12(2)7-13(3)9-16/h1,12-14,17H,7-11H2,2-5H3. The van der Waals surface area contributed by atoms with Crippen LogP contribution in [0, 0.1) is 24.2 Å². The van der Waals surface area contributed by atoms with Gasteiger partial charge in [0.15, 0.2) is 0 Å². The zero-order valence-electron chi connectivity index (χ0n) is 12.1. The molecule has 0 saturated carbocycles. The van der Waals surface area contributed by atoms with E-state index < -0.39 is 11.7 Å². The van der Waals surface area contributed by atoms with Crippen molar-refractivity contribution < 1.29 is 9.84 Å². The molecule has 1 saturated heterocycles. The van der Waals surface area contributed by atoms with E-state index in [9.17, 15) is 5.11 Å². The topological polar surface area (TPSA) is 32.7 Å². The summed E-state index contributed by atoms with van der Waals surface area (Å²) in [4.78, 5) is 2.33. The van der Waals surface area contributed by atoms with Crippen LogP contribution < -0.4 is 0 Å². The van der Waals surface area contributed by atoms with Crippen molar-refractivity contribution in [1.82, 2.24) is 4.90 Å². The summed E-state index contributed by atoms with van der Waals surface area (Å²) < 4.78 is 5.52. The minimum atomic E-state index is -0.594. The number of terminal acetylenes is 1. The maximum atomic E-state index is 10.00. The molecule has 1 N–H and O–H groups in total. The Hall–Kier alpha value is -0.560. The van der Waals surface area contributed by atoms with Crippen molar-refractivity contribution in [1.29, 1.82) is 0 Å². The summed E-state index contributed by atoms with van der Waals surface area (Å²) in [6.45, 7) is 11.3. The molecule has 0 aromatic carbocycles. The molecule has 0 amide bonds. The van der Waals surface area contributed by atoms with Crippen molar-refractivity contribution in [3.63, 3.8) is 0 Å². The van der Waals surface area contributed by atoms with Crippen molar-refractivity contribution in [3.05, 3.63) is 0 Å². The van der Waals surface area contributed by atoms with Crippen molar-refractivity contribution in [2.75, 3.05) is 26.2 Å². The highest BCUT2D eigenvalue weighted by molar-refractivity contribution is 5.02. The summed E-state index contributed by atoms with van der Waals surface area (Å²) in [6, 6.07) is 0. The van der Waals surface area contributed by atoms with Crippen LogP contribution in [-0.4, -0.2) is 48.0 Å². The van der Waals surface area contributed by atoms with Crippen LogP contribution in [0.5, 0.6) is 0 Å². The number of nitrogens with zero attached hydrogens (tertiary/aromatic N) is 1. The molecule has 0 bridgehead atoms. The fraction of sp³-hybridized carbons (Fsp3) is 0.867. The van der Waals surface area contributed by atoms with Crippen molar-refractivity contribution in [2.24, 2.45) is 11.8 Å². The molecule has 3 heteroatoms. The molecule has 3 nitrogen and oxygen atoms in total. The fourth-order valence-electron chi connectivity index (χ4n) is 2.64. The van der Waals surface area contributed by atoms with Gasteiger partial charge in [-0.25, -0.2) is 0 Å². The molecule has 0 spiro atoms. The monoisotopic (exact) mass is 253 g/mol. The van der Waals surface area contributed by atoms with E-state index in [2.05, 4.69) is 24.7 Å². The molecule has 1 rings (SSSR count). The van der Waals surface area contributed by atoms with E-state index in [1.807, 2.05) is 13.8 Å². The van der Waals surface area contributed by atoms with E-state index in [0.717, 1.165) is 13.1 Å². The molecule has 18 heavy (non-hydrogen) atoms. The smallest absolute Gasteiger partial charge is 0.122 e. The van der Waals surface area contributed by atoms with Gasteiger partial charge in [-0.3, -0.25) is 0 Å². The highest BCUT2D eigenvalue weighted by Gasteiger charge is 2.24. The minimum absolute atomic E-state index is 0.302. The Balaban J connectivity index is 2.32. The van der Waals surface area contributed by atoms with Gasteiger partial charge >= 0.3 is 0 Å². The molecule has 1 fully saturated rings. The summed E-state index contributed by atoms with van der Waals surface area (Å²) in [7, 11) is 0. The Kier molecular flexibility index (Phi) is 5.65. The lowest BCUT2D eigenvalue weighted by Gasteiger charge is -2.36. The molecule has 3 unspecified atom stereocenters. The van der Waals surface area contributed by atoms with Crippen LogP contribution in [0.1, 0.15) is 34.1 Å². The lowest BCUT2D eigenvalue weighted by atomic mass is 9.92. The van der Waals surface area contributed by atoms with Gasteiger partial charge in [0.05, 0.1) is 12.7 Å². The van der Waals surface area contributed by atoms with Crippen LogP contribution >= 0.6 is 0 Å². The molecule has 1 aliphatic heterocycles. The molecule has 104 valence electrons. The zero-order valence-corrected chi connectivity index (χ0v) is 12.1. The highest BCUT2D eigenvalue weighted by Crippen LogP contribution is 2.21. The van der Waals surface area contributed by atoms with Crippen LogP contribution in [-0.2, 0) is 4.74 Å². The first kappa shape index (κ1) is 15.5. The first-order chi connectivity index (χ1) is 8.32. The number of β-amino-alcohol motifs (C(OH)–C–C–N with tert-alkyl or cyclic N) is 1. The van der Waals surface area contributed by atoms with E-state index in [0.29, 0.717) is 25.0 Å². The SMILES string of the molecule is C#CC(C)(C)OCC(O)CN1CC(C)CC(C)C1. The Morgan fingerprint density at radius 1 is 1.39 bits per heavy atom. The number of likely N-dealkylation sites (tertiary alicyclic amines) is 1. The summed E-state index contributed by atoms with van der Waals surface area (Å²) in [5.74, 6) is 3.99. The van der Waals surface area contributed by atoms with Gasteiger partial charge in [-0.15, -0.1) is 6.42 Å². The van der Waals surface area contributed by atoms with Gasteiger partial charge in [-0.2, -0.15) is 0 Å². The van der Waals surface area contributed by atoms with E-state index in [1.54, 1.807) is 0 Å². The quantitative estimate of drug-likeness (QED) is 0.758. The second-order valence-corrected chi connectivity index (χ2v) is 6.28. The Labute approximate surface area is 112 Å². The zero-order chi connectivity index (χ0) is 13.8. The number of hydrogen-bond acceptors (Lipinski definition) is 3. The van der Waals surface area contributed by atoms with Gasteiger partial charge < -0.3 is 14.7 Å². The summed E-state index contributed by atoms with van der Waals surface area (Å²) in [5, 5.41) is 10.00. The van der Waals surface area contributed by atoms with Crippen LogP contribution in [0.4, 0.5) is 0 Å². The Morgan fingerprint density at radius 3 is 2.44 bits per heavy atom. The number of rotatable bonds is 5. The van der Waals surface area contributed by atoms with Crippen LogP contribution in [0.25, 0.3) is 0 Å². The molecule has 3 atom stereocenters. The number of ether oxygens (including phenoxy) is 1. The van der Waals surface area contributed by atoms with Gasteiger partial charge in [-0.1, -0.05) is 19.8 Å². The summed E-state index contributed by atoms with van der Waals surface area (Å²) in [6.07, 6.45) is 6.17. The number of piperidine rings is 1. The molecular formula is C15H27NO2. The number of aliphatic hydroxyl groups is 1. The maximum Gasteiger partial charge on any atom is 0.122 e. The van der Waals surface area contributed by atoms with Gasteiger partial charge in [0.2, 0.25) is 0 Å². The Bertz CT molecular complexity index is 285. The van der Waals surface area contributed by atoms with Gasteiger partial charge in [-0.05, 0) is 32.1 Å². The van der Waals surface area contributed by atoms with Gasteiger partial charge in [0, 0.05) is 19.6 Å². The average molecular weight is 253 g/mol. The molecule has 1 aliphatic rings. The normalized spacial score (nSPS) is 27.8. The third kappa shape index (κ3) is 5.39. The lowest BCUT2D eigenvalue weighted by molar-refractivity contribution is -0.0421. The van der Waals surface area contributed by atoms with Crippen molar-refractivity contribution >= 4 is 0 Å². The molecular weight excluding hydrogens is 226 g/mol. The first-order valence-corrected chi connectivity index (χ1v) is 6.84. The van der Waals surface area contributed by atoms with Crippen molar-refractivity contribution in [3.8, 4) is 12.3 Å². The lowest BCUT2D eigenvalue weighted by Crippen LogP contribution is -2.44. The fourth-order valence-corrected chi connectivity index (χ4v) is 2.64. The predicted octanol–water partition coefficient (Wildman–Crippen LogP) is 1.75. The van der Waals surface area contributed by atoms with Gasteiger partial charge in [0.25, 0.3) is 0 Å². The van der Waals surface area contributed by atoms with E-state index in [1.165, 1.54) is 6.42 Å². The van der Waals surface area contributed by atoms with Gasteiger partial charge in [0.1, 0.15) is 5.60 Å². The highest BCUT2D eigenvalue weighted by atomic mass is 16.5. The van der Waals surface area contributed by atoms with Crippen LogP contribution in [0.2, 0.25) is 0 Å². The molecule has 0 aliphatic carbocycles. The molecule has 1 heterocycles. The maximum absolute atomic E-state index is 10.00. The van der Waals surface area contributed by atoms with E-state index in [4.69, 9.17) is 11.2 Å². The number of aliphatic hydroxyl groups excluding tert-OH is 1. The van der Waals surface area contributed by atoms with Crippen molar-refractivity contribution in [2.45, 2.75) is 45.8 Å². The summed E-state index contributed by atoms with van der Waals surface area (Å²) >= 11 is 0. The predicted molar refractivity (Wildman–Crippen MR) is 74.3 cm³/mol. The summed E-state index contributed by atoms with van der Waals surface area (Å²) in [5.41, 5.74) is -0.594. The van der Waals surface area contributed by atoms with E-state index in [-0.39, 0.29) is 0 Å². The van der Waals surface area contributed by atoms with E-state index >= 15 is 0 Å². The average Bonchev–Trinajstić information content (AvgIpc) is 2.25. The molecule has 0 aromatic rings. The number of hydrogen-bond donors (Lipinski definition) is 1. The second-order valence-electron chi connectivity index (χ2n) is 6.28. The third-order valence-electron chi connectivity index (χ3n) is 3.40. The minimum Gasteiger partial charge on any atom is -0.389 e. The first-order valence-electron chi connectivity index (χ1n) is 6.84. The largest absolute Gasteiger partial charge is 0.389 e. The molecule has 0 radical (unpaired) electrons. The van der Waals surface area contributed by atoms with Crippen LogP contribution in [0.15, 0.2) is 0 Å². The van der Waals surface area contributed by atoms with Crippen LogP contribution in [0.3, 0.4) is 0 Å².